The Hall–Kier alpha value is -1.72. The van der Waals surface area contributed by atoms with Gasteiger partial charge in [-0.1, -0.05) is 44.2 Å². The average molecular weight is 307 g/mol. The highest BCUT2D eigenvalue weighted by Gasteiger charge is 2.29. The van der Waals surface area contributed by atoms with Crippen LogP contribution < -0.4 is 5.73 Å². The smallest absolute Gasteiger partial charge is 0.306 e. The van der Waals surface area contributed by atoms with Crippen molar-refractivity contribution in [2.75, 3.05) is 0 Å². The molecule has 0 spiro atoms. The summed E-state index contributed by atoms with van der Waals surface area (Å²) in [4.78, 5) is 23.3. The Kier molecular flexibility index (Phi) is 7.21. The fourth-order valence-corrected chi connectivity index (χ4v) is 2.44. The standard InChI is InChI=1S/C17H25NO4/c1-11(2)8-13(17(21)22)10-15(19)16(20)14(18)9-12-6-4-3-5-7-12/h3-7,11,13-14,16,20H,8-10,18H2,1-2H3,(H,21,22)/t13-,14?,16?/m1/s1. The molecule has 1 aromatic carbocycles. The molecule has 0 aliphatic carbocycles. The minimum atomic E-state index is -1.34. The van der Waals surface area contributed by atoms with Crippen LogP contribution in [0.2, 0.25) is 0 Å². The third kappa shape index (κ3) is 5.95. The highest BCUT2D eigenvalue weighted by molar-refractivity contribution is 5.87. The van der Waals surface area contributed by atoms with Crippen LogP contribution in [0.4, 0.5) is 0 Å². The van der Waals surface area contributed by atoms with Crippen LogP contribution in [0.25, 0.3) is 0 Å². The van der Waals surface area contributed by atoms with Gasteiger partial charge < -0.3 is 15.9 Å². The summed E-state index contributed by atoms with van der Waals surface area (Å²) in [6.45, 7) is 3.80. The first-order valence-corrected chi connectivity index (χ1v) is 7.54. The van der Waals surface area contributed by atoms with Gasteiger partial charge in [0.05, 0.1) is 5.92 Å². The van der Waals surface area contributed by atoms with E-state index in [2.05, 4.69) is 0 Å². The molecular weight excluding hydrogens is 282 g/mol. The second-order valence-electron chi connectivity index (χ2n) is 6.13. The van der Waals surface area contributed by atoms with E-state index in [0.29, 0.717) is 12.8 Å². The van der Waals surface area contributed by atoms with Crippen molar-refractivity contribution in [1.29, 1.82) is 0 Å². The number of nitrogens with two attached hydrogens (primary N) is 1. The van der Waals surface area contributed by atoms with E-state index in [-0.39, 0.29) is 12.3 Å². The predicted octanol–water partition coefficient (Wildman–Crippen LogP) is 1.62. The molecule has 0 amide bonds. The molecule has 122 valence electrons. The van der Waals surface area contributed by atoms with Crippen molar-refractivity contribution in [1.82, 2.24) is 0 Å². The first-order chi connectivity index (χ1) is 10.3. The molecule has 0 aliphatic heterocycles. The minimum Gasteiger partial charge on any atom is -0.481 e. The van der Waals surface area contributed by atoms with E-state index >= 15 is 0 Å². The molecule has 0 saturated carbocycles. The number of carbonyl (C=O) groups is 2. The molecule has 22 heavy (non-hydrogen) atoms. The Morgan fingerprint density at radius 2 is 1.77 bits per heavy atom. The van der Waals surface area contributed by atoms with Crippen LogP contribution in [0.1, 0.15) is 32.3 Å². The lowest BCUT2D eigenvalue weighted by atomic mass is 9.89. The summed E-state index contributed by atoms with van der Waals surface area (Å²) < 4.78 is 0. The van der Waals surface area contributed by atoms with Crippen LogP contribution in [-0.2, 0) is 16.0 Å². The Labute approximate surface area is 131 Å². The molecule has 3 atom stereocenters. The number of carboxylic acid groups (broad SMARTS) is 1. The summed E-state index contributed by atoms with van der Waals surface area (Å²) >= 11 is 0. The van der Waals surface area contributed by atoms with Crippen molar-refractivity contribution in [2.45, 2.75) is 45.3 Å². The Morgan fingerprint density at radius 3 is 2.27 bits per heavy atom. The van der Waals surface area contributed by atoms with Crippen molar-refractivity contribution >= 4 is 11.8 Å². The maximum atomic E-state index is 12.1. The highest BCUT2D eigenvalue weighted by atomic mass is 16.4. The van der Waals surface area contributed by atoms with Gasteiger partial charge in [0, 0.05) is 12.5 Å². The van der Waals surface area contributed by atoms with Gasteiger partial charge in [-0.25, -0.2) is 0 Å². The zero-order valence-corrected chi connectivity index (χ0v) is 13.1. The van der Waals surface area contributed by atoms with Gasteiger partial charge in [-0.05, 0) is 24.3 Å². The first kappa shape index (κ1) is 18.3. The summed E-state index contributed by atoms with van der Waals surface area (Å²) in [5.74, 6) is -2.11. The van der Waals surface area contributed by atoms with Crippen molar-refractivity contribution in [3.63, 3.8) is 0 Å². The van der Waals surface area contributed by atoms with E-state index < -0.39 is 29.8 Å². The third-order valence-electron chi connectivity index (χ3n) is 3.60. The molecule has 2 unspecified atom stereocenters. The van der Waals surface area contributed by atoms with Gasteiger partial charge in [-0.15, -0.1) is 0 Å². The van der Waals surface area contributed by atoms with Crippen molar-refractivity contribution < 1.29 is 19.8 Å². The molecule has 1 rings (SSSR count). The second kappa shape index (κ2) is 8.66. The number of aliphatic carboxylic acids is 1. The number of aliphatic hydroxyl groups excluding tert-OH is 1. The van der Waals surface area contributed by atoms with Crippen LogP contribution in [0.5, 0.6) is 0 Å². The number of Topliss-reactive ketones (excluding diaryl/α,β-unsaturated/α-hetero) is 1. The first-order valence-electron chi connectivity index (χ1n) is 7.54. The van der Waals surface area contributed by atoms with Gasteiger partial charge in [0.1, 0.15) is 6.10 Å². The molecule has 0 heterocycles. The lowest BCUT2D eigenvalue weighted by molar-refractivity contribution is -0.145. The Morgan fingerprint density at radius 1 is 1.18 bits per heavy atom. The molecule has 5 heteroatoms. The normalized spacial score (nSPS) is 15.3. The van der Waals surface area contributed by atoms with Gasteiger partial charge >= 0.3 is 5.97 Å². The number of hydrogen-bond donors (Lipinski definition) is 3. The molecule has 0 aromatic heterocycles. The fourth-order valence-electron chi connectivity index (χ4n) is 2.44. The van der Waals surface area contributed by atoms with Gasteiger partial charge in [0.25, 0.3) is 0 Å². The molecule has 0 fully saturated rings. The van der Waals surface area contributed by atoms with Crippen molar-refractivity contribution in [3.05, 3.63) is 35.9 Å². The van der Waals surface area contributed by atoms with Crippen LogP contribution in [-0.4, -0.2) is 34.1 Å². The zero-order valence-electron chi connectivity index (χ0n) is 13.1. The summed E-state index contributed by atoms with van der Waals surface area (Å²) in [5.41, 5.74) is 6.81. The van der Waals surface area contributed by atoms with Gasteiger partial charge in [0.15, 0.2) is 5.78 Å². The lowest BCUT2D eigenvalue weighted by Gasteiger charge is -2.20. The average Bonchev–Trinajstić information content (AvgIpc) is 2.46. The van der Waals surface area contributed by atoms with Gasteiger partial charge in [-0.3, -0.25) is 9.59 Å². The third-order valence-corrected chi connectivity index (χ3v) is 3.60. The predicted molar refractivity (Wildman–Crippen MR) is 84.3 cm³/mol. The number of carbonyl (C=O) groups excluding carboxylic acids is 1. The van der Waals surface area contributed by atoms with Gasteiger partial charge in [-0.2, -0.15) is 0 Å². The zero-order chi connectivity index (χ0) is 16.7. The van der Waals surface area contributed by atoms with E-state index in [1.807, 2.05) is 44.2 Å². The number of hydrogen-bond acceptors (Lipinski definition) is 4. The molecule has 0 aliphatic rings. The summed E-state index contributed by atoms with van der Waals surface area (Å²) in [6.07, 6.45) is -0.747. The quantitative estimate of drug-likeness (QED) is 0.643. The van der Waals surface area contributed by atoms with Crippen molar-refractivity contribution in [3.8, 4) is 0 Å². The van der Waals surface area contributed by atoms with Crippen LogP contribution in [0.15, 0.2) is 30.3 Å². The van der Waals surface area contributed by atoms with Crippen LogP contribution >= 0.6 is 0 Å². The topological polar surface area (TPSA) is 101 Å². The monoisotopic (exact) mass is 307 g/mol. The minimum absolute atomic E-state index is 0.170. The summed E-state index contributed by atoms with van der Waals surface area (Å²) in [6, 6.07) is 8.60. The fraction of sp³-hybridized carbons (Fsp3) is 0.529. The van der Waals surface area contributed by atoms with Crippen LogP contribution in [0.3, 0.4) is 0 Å². The Bertz CT molecular complexity index is 487. The second-order valence-corrected chi connectivity index (χ2v) is 6.13. The van der Waals surface area contributed by atoms with E-state index in [1.165, 1.54) is 0 Å². The van der Waals surface area contributed by atoms with E-state index in [9.17, 15) is 14.7 Å². The van der Waals surface area contributed by atoms with Gasteiger partial charge in [0.2, 0.25) is 0 Å². The van der Waals surface area contributed by atoms with Crippen LogP contribution in [0, 0.1) is 11.8 Å². The molecule has 0 bridgehead atoms. The highest BCUT2D eigenvalue weighted by Crippen LogP contribution is 2.18. The van der Waals surface area contributed by atoms with E-state index in [0.717, 1.165) is 5.56 Å². The molecule has 4 N–H and O–H groups in total. The van der Waals surface area contributed by atoms with E-state index in [4.69, 9.17) is 10.8 Å². The molecular formula is C17H25NO4. The molecule has 5 nitrogen and oxygen atoms in total. The summed E-state index contributed by atoms with van der Waals surface area (Å²) in [7, 11) is 0. The Balaban J connectivity index is 2.61. The van der Waals surface area contributed by atoms with Crippen molar-refractivity contribution in [2.24, 2.45) is 17.6 Å². The number of carboxylic acids is 1. The molecule has 0 radical (unpaired) electrons. The summed E-state index contributed by atoms with van der Waals surface area (Å²) in [5, 5.41) is 19.2. The molecule has 0 saturated heterocycles. The number of aliphatic hydroxyl groups is 1. The number of rotatable bonds is 9. The SMILES string of the molecule is CC(C)C[C@H](CC(=O)C(O)C(N)Cc1ccccc1)C(=O)O. The van der Waals surface area contributed by atoms with E-state index in [1.54, 1.807) is 0 Å². The maximum absolute atomic E-state index is 12.1. The maximum Gasteiger partial charge on any atom is 0.306 e. The molecule has 1 aromatic rings. The lowest BCUT2D eigenvalue weighted by Crippen LogP contribution is -2.43. The number of benzene rings is 1. The number of ketones is 1. The largest absolute Gasteiger partial charge is 0.481 e.